The van der Waals surface area contributed by atoms with E-state index in [1.165, 1.54) is 25.9 Å². The Morgan fingerprint density at radius 3 is 1.34 bits per heavy atom. The Kier molecular flexibility index (Phi) is 13.4. The van der Waals surface area contributed by atoms with Crippen molar-refractivity contribution in [3.05, 3.63) is 0 Å². The van der Waals surface area contributed by atoms with E-state index in [0.29, 0.717) is 25.9 Å². The Morgan fingerprint density at radius 2 is 1.03 bits per heavy atom. The molecule has 3 fully saturated rings. The fraction of sp³-hybridized carbons (Fsp3) is 0.926. The minimum absolute atomic E-state index is 0.163. The van der Waals surface area contributed by atoms with Crippen molar-refractivity contribution in [2.24, 2.45) is 11.8 Å². The topological polar surface area (TPSA) is 91.3 Å². The van der Waals surface area contributed by atoms with E-state index in [9.17, 15) is 14.7 Å². The fourth-order valence-corrected chi connectivity index (χ4v) is 3.86. The molecule has 3 aliphatic heterocycles. The highest BCUT2D eigenvalue weighted by molar-refractivity contribution is 5.68. The number of ether oxygens (including phenoxy) is 2. The van der Waals surface area contributed by atoms with E-state index in [1.807, 2.05) is 46.4 Å². The third-order valence-electron chi connectivity index (χ3n) is 6.18. The largest absolute Gasteiger partial charge is 0.444 e. The second-order valence-electron chi connectivity index (χ2n) is 12.3. The Morgan fingerprint density at radius 1 is 0.686 bits per heavy atom. The predicted octanol–water partition coefficient (Wildman–Crippen LogP) is 5.04. The third-order valence-corrected chi connectivity index (χ3v) is 6.18. The van der Waals surface area contributed by atoms with Gasteiger partial charge in [-0.2, -0.15) is 0 Å². The molecule has 35 heavy (non-hydrogen) atoms. The van der Waals surface area contributed by atoms with Crippen molar-refractivity contribution in [2.75, 3.05) is 39.3 Å². The van der Waals surface area contributed by atoms with Crippen molar-refractivity contribution in [3.63, 3.8) is 0 Å². The number of hydrogen-bond donors (Lipinski definition) is 2. The van der Waals surface area contributed by atoms with Crippen molar-refractivity contribution in [1.29, 1.82) is 0 Å². The first kappa shape index (κ1) is 31.5. The highest BCUT2D eigenvalue weighted by Gasteiger charge is 2.26. The van der Waals surface area contributed by atoms with Crippen LogP contribution in [0.5, 0.6) is 0 Å². The zero-order valence-electron chi connectivity index (χ0n) is 23.7. The minimum atomic E-state index is -0.437. The zero-order valence-corrected chi connectivity index (χ0v) is 23.7. The van der Waals surface area contributed by atoms with Crippen LogP contribution in [-0.4, -0.2) is 83.7 Å². The number of rotatable bonds is 0. The van der Waals surface area contributed by atoms with Crippen LogP contribution >= 0.6 is 0 Å². The number of amides is 2. The van der Waals surface area contributed by atoms with E-state index in [0.717, 1.165) is 37.8 Å². The van der Waals surface area contributed by atoms with Gasteiger partial charge in [0.25, 0.3) is 0 Å². The van der Waals surface area contributed by atoms with Crippen molar-refractivity contribution in [3.8, 4) is 0 Å². The second kappa shape index (κ2) is 14.9. The number of carbonyl (C=O) groups is 2. The number of aliphatic hydroxyl groups excluding tert-OH is 1. The molecule has 3 heterocycles. The molecule has 0 aliphatic carbocycles. The lowest BCUT2D eigenvalue weighted by Gasteiger charge is -2.32. The first-order valence-corrected chi connectivity index (χ1v) is 13.5. The third kappa shape index (κ3) is 15.2. The fourth-order valence-electron chi connectivity index (χ4n) is 3.86. The van der Waals surface area contributed by atoms with Gasteiger partial charge in [-0.3, -0.25) is 0 Å². The Hall–Kier alpha value is -1.54. The summed E-state index contributed by atoms with van der Waals surface area (Å²) >= 11 is 0. The summed E-state index contributed by atoms with van der Waals surface area (Å²) in [5, 5.41) is 12.6. The van der Waals surface area contributed by atoms with Crippen molar-refractivity contribution >= 4 is 12.2 Å². The van der Waals surface area contributed by atoms with E-state index in [-0.39, 0.29) is 23.9 Å². The van der Waals surface area contributed by atoms with Crippen molar-refractivity contribution in [1.82, 2.24) is 15.1 Å². The molecular weight excluding hydrogens is 446 g/mol. The quantitative estimate of drug-likeness (QED) is 0.485. The van der Waals surface area contributed by atoms with Crippen LogP contribution in [0.2, 0.25) is 0 Å². The maximum absolute atomic E-state index is 11.6. The number of nitrogens with zero attached hydrogens (tertiary/aromatic N) is 2. The van der Waals surface area contributed by atoms with Crippen LogP contribution in [0, 0.1) is 11.8 Å². The summed E-state index contributed by atoms with van der Waals surface area (Å²) in [7, 11) is 0. The lowest BCUT2D eigenvalue weighted by Crippen LogP contribution is -2.42. The van der Waals surface area contributed by atoms with Crippen LogP contribution in [-0.2, 0) is 9.47 Å². The van der Waals surface area contributed by atoms with E-state index >= 15 is 0 Å². The highest BCUT2D eigenvalue weighted by Crippen LogP contribution is 2.19. The lowest BCUT2D eigenvalue weighted by molar-refractivity contribution is 0.00992. The van der Waals surface area contributed by atoms with E-state index in [2.05, 4.69) is 19.2 Å². The van der Waals surface area contributed by atoms with Gasteiger partial charge in [0.1, 0.15) is 11.2 Å². The number of aliphatic hydroxyl groups is 1. The van der Waals surface area contributed by atoms with Gasteiger partial charge in [-0.15, -0.1) is 0 Å². The molecule has 0 aromatic heterocycles. The molecule has 0 spiro atoms. The van der Waals surface area contributed by atoms with E-state index in [4.69, 9.17) is 9.47 Å². The molecule has 3 saturated heterocycles. The zero-order chi connectivity index (χ0) is 26.6. The molecule has 0 atom stereocenters. The summed E-state index contributed by atoms with van der Waals surface area (Å²) in [6, 6.07) is 0. The highest BCUT2D eigenvalue weighted by atomic mass is 16.6. The Bertz CT molecular complexity index is 561. The molecule has 0 radical (unpaired) electrons. The Balaban J connectivity index is 0.000000277. The van der Waals surface area contributed by atoms with Gasteiger partial charge in [0.05, 0.1) is 6.10 Å². The summed E-state index contributed by atoms with van der Waals surface area (Å²) in [5.74, 6) is 1.72. The smallest absolute Gasteiger partial charge is 0.410 e. The maximum atomic E-state index is 11.6. The lowest BCUT2D eigenvalue weighted by atomic mass is 10.00. The van der Waals surface area contributed by atoms with Gasteiger partial charge in [-0.1, -0.05) is 13.8 Å². The molecule has 2 N–H and O–H groups in total. The molecule has 0 aromatic carbocycles. The van der Waals surface area contributed by atoms with Gasteiger partial charge in [-0.25, -0.2) is 9.59 Å². The van der Waals surface area contributed by atoms with Crippen molar-refractivity contribution in [2.45, 2.75) is 111 Å². The van der Waals surface area contributed by atoms with Crippen molar-refractivity contribution < 1.29 is 24.2 Å². The molecule has 0 bridgehead atoms. The maximum Gasteiger partial charge on any atom is 0.410 e. The normalized spacial score (nSPS) is 20.7. The predicted molar refractivity (Wildman–Crippen MR) is 141 cm³/mol. The molecule has 0 aromatic rings. The van der Waals surface area contributed by atoms with Crippen LogP contribution in [0.4, 0.5) is 9.59 Å². The molecular formula is C27H53N3O5. The Labute approximate surface area is 214 Å². The average Bonchev–Trinajstić information content (AvgIpc) is 2.74. The molecule has 2 amide bonds. The molecule has 0 saturated carbocycles. The molecule has 3 rings (SSSR count). The number of hydrogen-bond acceptors (Lipinski definition) is 6. The van der Waals surface area contributed by atoms with Crippen LogP contribution < -0.4 is 5.32 Å². The number of nitrogens with one attached hydrogen (secondary N) is 1. The van der Waals surface area contributed by atoms with Crippen LogP contribution in [0.1, 0.15) is 93.9 Å². The van der Waals surface area contributed by atoms with Crippen LogP contribution in [0.3, 0.4) is 0 Å². The number of likely N-dealkylation sites (tertiary alicyclic amines) is 2. The van der Waals surface area contributed by atoms with Gasteiger partial charge in [0.15, 0.2) is 0 Å². The summed E-state index contributed by atoms with van der Waals surface area (Å²) in [6.07, 6.45) is 5.55. The molecule has 8 heteroatoms. The monoisotopic (exact) mass is 499 g/mol. The molecule has 206 valence electrons. The molecule has 3 aliphatic rings. The van der Waals surface area contributed by atoms with Gasteiger partial charge in [0, 0.05) is 26.2 Å². The van der Waals surface area contributed by atoms with Crippen LogP contribution in [0.25, 0.3) is 0 Å². The van der Waals surface area contributed by atoms with Gasteiger partial charge >= 0.3 is 12.2 Å². The van der Waals surface area contributed by atoms with Gasteiger partial charge in [-0.05, 0) is 105 Å². The summed E-state index contributed by atoms with van der Waals surface area (Å²) < 4.78 is 10.5. The molecule has 0 unspecified atom stereocenters. The van der Waals surface area contributed by atoms with Crippen LogP contribution in [0.15, 0.2) is 0 Å². The first-order chi connectivity index (χ1) is 16.2. The van der Waals surface area contributed by atoms with E-state index in [1.54, 1.807) is 4.90 Å². The first-order valence-electron chi connectivity index (χ1n) is 13.5. The summed E-state index contributed by atoms with van der Waals surface area (Å²) in [4.78, 5) is 26.6. The van der Waals surface area contributed by atoms with Gasteiger partial charge in [0.2, 0.25) is 0 Å². The molecule has 8 nitrogen and oxygen atoms in total. The number of carbonyl (C=O) groups excluding carboxylic acids is 2. The average molecular weight is 500 g/mol. The SMILES string of the molecule is CC(C)(C)OC(=O)N1CCC(O)CC1.CC1CCN(C(=O)OC(C)(C)C)CC1.CC1CCNCC1. The minimum Gasteiger partial charge on any atom is -0.444 e. The summed E-state index contributed by atoms with van der Waals surface area (Å²) in [6.45, 7) is 21.2. The van der Waals surface area contributed by atoms with E-state index < -0.39 is 5.60 Å². The standard InChI is InChI=1S/C11H21NO2.C10H19NO3.C6H13N/c1-9-5-7-12(8-6-9)10(13)14-11(2,3)4;1-10(2,3)14-9(13)11-6-4-8(12)5-7-11;1-6-2-4-7-5-3-6/h9H,5-8H2,1-4H3;8,12H,4-7H2,1-3H3;6-7H,2-5H2,1H3. The number of piperidine rings is 3. The second-order valence-corrected chi connectivity index (χ2v) is 12.3. The summed E-state index contributed by atoms with van der Waals surface area (Å²) in [5.41, 5.74) is -0.812. The van der Waals surface area contributed by atoms with Gasteiger partial charge < -0.3 is 29.7 Å².